The Labute approximate surface area is 99.7 Å². The van der Waals surface area contributed by atoms with E-state index in [4.69, 9.17) is 10.5 Å². The molecular weight excluding hydrogens is 202 g/mol. The van der Waals surface area contributed by atoms with Gasteiger partial charge < -0.3 is 10.5 Å². The van der Waals surface area contributed by atoms with E-state index < -0.39 is 6.09 Å². The van der Waals surface area contributed by atoms with E-state index in [0.29, 0.717) is 5.92 Å². The maximum atomic E-state index is 10.9. The van der Waals surface area contributed by atoms with E-state index in [-0.39, 0.29) is 6.10 Å². The number of unbranched alkanes of at least 4 members (excludes halogenated alkanes) is 1. The van der Waals surface area contributed by atoms with Crippen molar-refractivity contribution in [1.82, 2.24) is 0 Å². The number of hydrogen-bond donors (Lipinski definition) is 1. The normalized spacial score (nSPS) is 14.4. The van der Waals surface area contributed by atoms with Crippen LogP contribution in [0.4, 0.5) is 4.79 Å². The van der Waals surface area contributed by atoms with Gasteiger partial charge in [0.1, 0.15) is 6.10 Å². The molecule has 0 aliphatic carbocycles. The second-order valence-electron chi connectivity index (χ2n) is 4.45. The summed E-state index contributed by atoms with van der Waals surface area (Å²) in [6, 6.07) is 0. The van der Waals surface area contributed by atoms with Crippen molar-refractivity contribution in [3.63, 3.8) is 0 Å². The third-order valence-corrected chi connectivity index (χ3v) is 2.95. The van der Waals surface area contributed by atoms with Crippen LogP contribution in [0, 0.1) is 5.92 Å². The largest absolute Gasteiger partial charge is 0.446 e. The lowest BCUT2D eigenvalue weighted by atomic mass is 9.89. The SMILES string of the molecule is CCCCC(CCC)C(CCC)OC(N)=O. The summed E-state index contributed by atoms with van der Waals surface area (Å²) in [5, 5.41) is 0. The molecule has 0 aliphatic heterocycles. The van der Waals surface area contributed by atoms with E-state index in [1.54, 1.807) is 0 Å². The van der Waals surface area contributed by atoms with E-state index in [0.717, 1.165) is 32.1 Å². The molecule has 16 heavy (non-hydrogen) atoms. The highest BCUT2D eigenvalue weighted by Gasteiger charge is 2.22. The molecule has 0 aliphatic rings. The number of amides is 1. The number of nitrogens with two attached hydrogens (primary N) is 1. The van der Waals surface area contributed by atoms with E-state index in [2.05, 4.69) is 20.8 Å². The zero-order valence-corrected chi connectivity index (χ0v) is 11.0. The van der Waals surface area contributed by atoms with Crippen molar-refractivity contribution >= 4 is 6.09 Å². The summed E-state index contributed by atoms with van der Waals surface area (Å²) in [7, 11) is 0. The molecule has 1 amide bonds. The standard InChI is InChI=1S/C13H27NO2/c1-4-7-10-11(8-5-2)12(9-6-3)16-13(14)15/h11-12H,4-10H2,1-3H3,(H2,14,15). The van der Waals surface area contributed by atoms with E-state index in [1.165, 1.54) is 12.8 Å². The van der Waals surface area contributed by atoms with Gasteiger partial charge in [-0.3, -0.25) is 0 Å². The number of primary amides is 1. The van der Waals surface area contributed by atoms with Gasteiger partial charge in [0.05, 0.1) is 0 Å². The van der Waals surface area contributed by atoms with E-state index in [9.17, 15) is 4.79 Å². The highest BCUT2D eigenvalue weighted by atomic mass is 16.6. The Hall–Kier alpha value is -0.730. The molecule has 0 radical (unpaired) electrons. The molecule has 0 spiro atoms. The summed E-state index contributed by atoms with van der Waals surface area (Å²) in [5.41, 5.74) is 5.13. The first-order valence-corrected chi connectivity index (χ1v) is 6.61. The summed E-state index contributed by atoms with van der Waals surface area (Å²) < 4.78 is 5.24. The van der Waals surface area contributed by atoms with Gasteiger partial charge in [0.2, 0.25) is 0 Å². The van der Waals surface area contributed by atoms with Crippen molar-refractivity contribution in [3.05, 3.63) is 0 Å². The minimum atomic E-state index is -0.629. The Bertz CT molecular complexity index is 183. The van der Waals surface area contributed by atoms with Gasteiger partial charge in [0.15, 0.2) is 0 Å². The van der Waals surface area contributed by atoms with Crippen LogP contribution in [0.25, 0.3) is 0 Å². The molecule has 3 heteroatoms. The summed E-state index contributed by atoms with van der Waals surface area (Å²) >= 11 is 0. The van der Waals surface area contributed by atoms with E-state index >= 15 is 0 Å². The average Bonchev–Trinajstić information content (AvgIpc) is 2.23. The van der Waals surface area contributed by atoms with Crippen molar-refractivity contribution in [1.29, 1.82) is 0 Å². The summed E-state index contributed by atoms with van der Waals surface area (Å²) in [5.74, 6) is 0.484. The maximum absolute atomic E-state index is 10.9. The molecule has 0 aromatic heterocycles. The number of carbonyl (C=O) groups is 1. The van der Waals surface area contributed by atoms with Crippen LogP contribution in [0.5, 0.6) is 0 Å². The smallest absolute Gasteiger partial charge is 0.404 e. The minimum Gasteiger partial charge on any atom is -0.446 e. The second-order valence-corrected chi connectivity index (χ2v) is 4.45. The maximum Gasteiger partial charge on any atom is 0.404 e. The lowest BCUT2D eigenvalue weighted by molar-refractivity contribution is 0.0545. The fourth-order valence-electron chi connectivity index (χ4n) is 2.18. The number of ether oxygens (including phenoxy) is 1. The number of hydrogen-bond acceptors (Lipinski definition) is 2. The third kappa shape index (κ3) is 6.70. The molecular formula is C13H27NO2. The molecule has 96 valence electrons. The first-order valence-electron chi connectivity index (χ1n) is 6.61. The highest BCUT2D eigenvalue weighted by Crippen LogP contribution is 2.24. The molecule has 0 rings (SSSR count). The molecule has 0 aromatic rings. The van der Waals surface area contributed by atoms with Crippen molar-refractivity contribution < 1.29 is 9.53 Å². The van der Waals surface area contributed by atoms with Gasteiger partial charge in [0.25, 0.3) is 0 Å². The van der Waals surface area contributed by atoms with Gasteiger partial charge in [-0.1, -0.05) is 46.5 Å². The van der Waals surface area contributed by atoms with Crippen LogP contribution in [0.1, 0.15) is 65.7 Å². The Balaban J connectivity index is 4.31. The highest BCUT2D eigenvalue weighted by molar-refractivity contribution is 5.64. The zero-order valence-electron chi connectivity index (χ0n) is 11.0. The number of carbonyl (C=O) groups excluding carboxylic acids is 1. The van der Waals surface area contributed by atoms with Crippen molar-refractivity contribution in [2.45, 2.75) is 71.8 Å². The topological polar surface area (TPSA) is 52.3 Å². The van der Waals surface area contributed by atoms with Crippen LogP contribution >= 0.6 is 0 Å². The van der Waals surface area contributed by atoms with Crippen LogP contribution in [0.2, 0.25) is 0 Å². The lowest BCUT2D eigenvalue weighted by Crippen LogP contribution is -2.29. The first-order chi connectivity index (χ1) is 7.65. The van der Waals surface area contributed by atoms with Gasteiger partial charge in [-0.05, 0) is 25.2 Å². The molecule has 0 bridgehead atoms. The first kappa shape index (κ1) is 15.3. The monoisotopic (exact) mass is 229 g/mol. The molecule has 2 atom stereocenters. The van der Waals surface area contributed by atoms with Crippen molar-refractivity contribution in [2.24, 2.45) is 11.7 Å². The summed E-state index contributed by atoms with van der Waals surface area (Å²) in [4.78, 5) is 10.9. The fourth-order valence-corrected chi connectivity index (χ4v) is 2.18. The quantitative estimate of drug-likeness (QED) is 0.652. The zero-order chi connectivity index (χ0) is 12.4. The lowest BCUT2D eigenvalue weighted by Gasteiger charge is -2.26. The Morgan fingerprint density at radius 2 is 1.69 bits per heavy atom. The van der Waals surface area contributed by atoms with Gasteiger partial charge in [-0.2, -0.15) is 0 Å². The minimum absolute atomic E-state index is 0.0222. The Kier molecular flexibility index (Phi) is 9.06. The average molecular weight is 229 g/mol. The molecule has 3 nitrogen and oxygen atoms in total. The van der Waals surface area contributed by atoms with Crippen LogP contribution in [-0.4, -0.2) is 12.2 Å². The Morgan fingerprint density at radius 3 is 2.12 bits per heavy atom. The van der Waals surface area contributed by atoms with Crippen LogP contribution < -0.4 is 5.73 Å². The van der Waals surface area contributed by atoms with Crippen molar-refractivity contribution in [2.75, 3.05) is 0 Å². The van der Waals surface area contributed by atoms with Crippen LogP contribution in [-0.2, 0) is 4.74 Å². The number of rotatable bonds is 9. The van der Waals surface area contributed by atoms with Gasteiger partial charge in [0, 0.05) is 0 Å². The van der Waals surface area contributed by atoms with Gasteiger partial charge in [-0.15, -0.1) is 0 Å². The molecule has 2 N–H and O–H groups in total. The van der Waals surface area contributed by atoms with Crippen LogP contribution in [0.3, 0.4) is 0 Å². The molecule has 0 aromatic carbocycles. The molecule has 0 saturated carbocycles. The molecule has 0 fully saturated rings. The Morgan fingerprint density at radius 1 is 1.06 bits per heavy atom. The second kappa shape index (κ2) is 9.49. The fraction of sp³-hybridized carbons (Fsp3) is 0.923. The summed E-state index contributed by atoms with van der Waals surface area (Å²) in [6.07, 6.45) is 7.14. The molecule has 2 unspecified atom stereocenters. The molecule has 0 heterocycles. The third-order valence-electron chi connectivity index (χ3n) is 2.95. The van der Waals surface area contributed by atoms with Gasteiger partial charge in [-0.25, -0.2) is 4.79 Å². The summed E-state index contributed by atoms with van der Waals surface area (Å²) in [6.45, 7) is 6.47. The van der Waals surface area contributed by atoms with E-state index in [1.807, 2.05) is 0 Å². The predicted octanol–water partition coefficient (Wildman–Crippen LogP) is 3.86. The molecule has 0 saturated heterocycles. The predicted molar refractivity (Wildman–Crippen MR) is 67.3 cm³/mol. The van der Waals surface area contributed by atoms with Gasteiger partial charge >= 0.3 is 6.09 Å². The van der Waals surface area contributed by atoms with Crippen molar-refractivity contribution in [3.8, 4) is 0 Å². The van der Waals surface area contributed by atoms with Crippen LogP contribution in [0.15, 0.2) is 0 Å².